The Balaban J connectivity index is 2.03. The minimum atomic E-state index is 1.23. The lowest BCUT2D eigenvalue weighted by Crippen LogP contribution is -1.75. The van der Waals surface area contributed by atoms with Gasteiger partial charge in [0, 0.05) is 41.8 Å². The molecule has 0 saturated carbocycles. The largest absolute Gasteiger partial charge is 0.353 e. The molecule has 3 aromatic heterocycles. The van der Waals surface area contributed by atoms with Gasteiger partial charge in [0.25, 0.3) is 0 Å². The van der Waals surface area contributed by atoms with E-state index in [1.165, 1.54) is 52.1 Å². The van der Waals surface area contributed by atoms with Gasteiger partial charge in [0.1, 0.15) is 0 Å². The number of benzene rings is 3. The summed E-state index contributed by atoms with van der Waals surface area (Å²) in [7, 11) is 0. The van der Waals surface area contributed by atoms with Crippen LogP contribution in [0.15, 0.2) is 60.0 Å². The van der Waals surface area contributed by atoms with Crippen molar-refractivity contribution in [2.45, 2.75) is 0 Å². The lowest BCUT2D eigenvalue weighted by atomic mass is 10.0. The number of nitrogens with one attached hydrogen (secondary N) is 1. The minimum Gasteiger partial charge on any atom is -0.353 e. The summed E-state index contributed by atoms with van der Waals surface area (Å²) in [6, 6.07) is 19.7. The van der Waals surface area contributed by atoms with E-state index in [-0.39, 0.29) is 0 Å². The van der Waals surface area contributed by atoms with Crippen LogP contribution in [0, 0.1) is 0 Å². The van der Waals surface area contributed by atoms with Gasteiger partial charge < -0.3 is 4.98 Å². The van der Waals surface area contributed by atoms with E-state index in [4.69, 9.17) is 0 Å². The minimum absolute atomic E-state index is 1.23. The van der Waals surface area contributed by atoms with Crippen molar-refractivity contribution in [1.29, 1.82) is 0 Å². The predicted molar refractivity (Wildman–Crippen MR) is 104 cm³/mol. The van der Waals surface area contributed by atoms with Gasteiger partial charge >= 0.3 is 0 Å². The van der Waals surface area contributed by atoms with Gasteiger partial charge in [-0.15, -0.1) is 22.7 Å². The third kappa shape index (κ3) is 1.42. The molecule has 23 heavy (non-hydrogen) atoms. The molecule has 0 atom stereocenters. The molecule has 0 aliphatic carbocycles. The van der Waals surface area contributed by atoms with Gasteiger partial charge in [0.05, 0.1) is 10.2 Å². The topological polar surface area (TPSA) is 15.8 Å². The highest BCUT2D eigenvalue weighted by Crippen LogP contribution is 2.46. The van der Waals surface area contributed by atoms with Crippen LogP contribution in [0.2, 0.25) is 0 Å². The third-order valence-electron chi connectivity index (χ3n) is 4.69. The summed E-state index contributed by atoms with van der Waals surface area (Å²) >= 11 is 3.76. The lowest BCUT2D eigenvalue weighted by molar-refractivity contribution is 1.57. The summed E-state index contributed by atoms with van der Waals surface area (Å²) in [6.45, 7) is 0. The van der Waals surface area contributed by atoms with Crippen LogP contribution in [-0.2, 0) is 0 Å². The van der Waals surface area contributed by atoms with Gasteiger partial charge in [-0.05, 0) is 17.5 Å². The number of aromatic amines is 1. The number of rotatable bonds is 0. The molecule has 1 nitrogen and oxygen atoms in total. The molecule has 0 radical (unpaired) electrons. The third-order valence-corrected chi connectivity index (χ3v) is 6.89. The molecule has 0 aliphatic rings. The zero-order valence-electron chi connectivity index (χ0n) is 12.1. The normalized spacial score (nSPS) is 12.3. The molecular weight excluding hydrogens is 318 g/mol. The first kappa shape index (κ1) is 12.1. The predicted octanol–water partition coefficient (Wildman–Crippen LogP) is 6.90. The Bertz CT molecular complexity index is 1360. The quantitative estimate of drug-likeness (QED) is 0.312. The van der Waals surface area contributed by atoms with Crippen LogP contribution >= 0.6 is 22.7 Å². The van der Waals surface area contributed by atoms with E-state index in [0.717, 1.165) is 0 Å². The molecule has 3 heterocycles. The first-order chi connectivity index (χ1) is 11.4. The molecular formula is C20H11NS2. The van der Waals surface area contributed by atoms with E-state index in [1.54, 1.807) is 0 Å². The second-order valence-corrected chi connectivity index (χ2v) is 7.83. The average molecular weight is 329 g/mol. The second kappa shape index (κ2) is 4.13. The zero-order valence-corrected chi connectivity index (χ0v) is 13.7. The fraction of sp³-hybridized carbons (Fsp3) is 0. The molecule has 1 N–H and O–H groups in total. The lowest BCUT2D eigenvalue weighted by Gasteiger charge is -2.02. The molecule has 0 saturated heterocycles. The molecule has 0 amide bonds. The molecule has 0 spiro atoms. The molecule has 6 rings (SSSR count). The molecule has 6 aromatic rings. The van der Waals surface area contributed by atoms with Gasteiger partial charge in [0.2, 0.25) is 0 Å². The number of H-pyrrole nitrogens is 1. The highest BCUT2D eigenvalue weighted by Gasteiger charge is 2.17. The summed E-state index contributed by atoms with van der Waals surface area (Å²) in [5.74, 6) is 0. The van der Waals surface area contributed by atoms with E-state index < -0.39 is 0 Å². The van der Waals surface area contributed by atoms with E-state index in [1.807, 2.05) is 22.7 Å². The summed E-state index contributed by atoms with van der Waals surface area (Å²) in [5, 5.41) is 9.05. The fourth-order valence-electron chi connectivity index (χ4n) is 3.71. The average Bonchev–Trinajstić information content (AvgIpc) is 3.28. The van der Waals surface area contributed by atoms with Gasteiger partial charge in [-0.1, -0.05) is 42.5 Å². The van der Waals surface area contributed by atoms with Crippen molar-refractivity contribution >= 4 is 74.7 Å². The summed E-state index contributed by atoms with van der Waals surface area (Å²) in [4.78, 5) is 3.66. The van der Waals surface area contributed by atoms with Crippen molar-refractivity contribution in [2.24, 2.45) is 0 Å². The molecule has 0 unspecified atom stereocenters. The Morgan fingerprint density at radius 1 is 0.652 bits per heavy atom. The maximum Gasteiger partial charge on any atom is 0.0661 e. The Morgan fingerprint density at radius 2 is 1.39 bits per heavy atom. The fourth-order valence-corrected chi connectivity index (χ4v) is 6.00. The maximum absolute atomic E-state index is 3.66. The van der Waals surface area contributed by atoms with Gasteiger partial charge in [-0.2, -0.15) is 0 Å². The van der Waals surface area contributed by atoms with Crippen molar-refractivity contribution in [3.05, 3.63) is 60.0 Å². The van der Waals surface area contributed by atoms with Crippen LogP contribution < -0.4 is 0 Å². The van der Waals surface area contributed by atoms with Crippen molar-refractivity contribution in [2.75, 3.05) is 0 Å². The van der Waals surface area contributed by atoms with Crippen molar-refractivity contribution < 1.29 is 0 Å². The molecule has 3 heteroatoms. The Labute approximate surface area is 139 Å². The number of aromatic nitrogens is 1. The number of hydrogen-bond donors (Lipinski definition) is 1. The van der Waals surface area contributed by atoms with Crippen LogP contribution in [0.3, 0.4) is 0 Å². The van der Waals surface area contributed by atoms with Crippen LogP contribution in [0.5, 0.6) is 0 Å². The molecule has 0 bridgehead atoms. The highest BCUT2D eigenvalue weighted by molar-refractivity contribution is 7.28. The first-order valence-corrected chi connectivity index (χ1v) is 9.32. The van der Waals surface area contributed by atoms with E-state index in [2.05, 4.69) is 65.0 Å². The monoisotopic (exact) mass is 329 g/mol. The summed E-state index contributed by atoms with van der Waals surface area (Å²) < 4.78 is 4.17. The molecule has 3 aromatic carbocycles. The summed E-state index contributed by atoms with van der Waals surface area (Å²) in [6.07, 6.45) is 0. The SMILES string of the molecule is c1ccc2c(c1)[nH]c1c2sc2c3ccccc3c3sccc3c12. The van der Waals surface area contributed by atoms with Crippen molar-refractivity contribution in [3.8, 4) is 0 Å². The van der Waals surface area contributed by atoms with E-state index >= 15 is 0 Å². The smallest absolute Gasteiger partial charge is 0.0661 e. The standard InChI is InChI=1S/C20H11NS2/c1-2-6-12-11(5-1)18-14(9-10-22-18)16-17-20(23-19(12)16)13-7-3-4-8-15(13)21-17/h1-10,21H. The molecule has 0 aliphatic heterocycles. The Hall–Kier alpha value is -2.36. The van der Waals surface area contributed by atoms with Crippen molar-refractivity contribution in [3.63, 3.8) is 0 Å². The first-order valence-electron chi connectivity index (χ1n) is 7.62. The number of thiophene rings is 2. The van der Waals surface area contributed by atoms with Gasteiger partial charge in [-0.3, -0.25) is 0 Å². The van der Waals surface area contributed by atoms with Crippen LogP contribution in [0.4, 0.5) is 0 Å². The highest BCUT2D eigenvalue weighted by atomic mass is 32.1. The summed E-state index contributed by atoms with van der Waals surface area (Å²) in [5.41, 5.74) is 2.52. The van der Waals surface area contributed by atoms with Crippen LogP contribution in [0.25, 0.3) is 52.1 Å². The maximum atomic E-state index is 3.66. The Morgan fingerprint density at radius 3 is 2.26 bits per heavy atom. The van der Waals surface area contributed by atoms with E-state index in [0.29, 0.717) is 0 Å². The van der Waals surface area contributed by atoms with Crippen LogP contribution in [0.1, 0.15) is 0 Å². The second-order valence-electron chi connectivity index (χ2n) is 5.89. The van der Waals surface area contributed by atoms with E-state index in [9.17, 15) is 0 Å². The molecule has 108 valence electrons. The number of fused-ring (bicyclic) bond motifs is 10. The zero-order chi connectivity index (χ0) is 15.0. The molecule has 0 fully saturated rings. The van der Waals surface area contributed by atoms with Crippen LogP contribution in [-0.4, -0.2) is 4.98 Å². The van der Waals surface area contributed by atoms with Gasteiger partial charge in [-0.25, -0.2) is 0 Å². The number of para-hydroxylation sites is 1. The van der Waals surface area contributed by atoms with Crippen molar-refractivity contribution in [1.82, 2.24) is 4.98 Å². The van der Waals surface area contributed by atoms with Gasteiger partial charge in [0.15, 0.2) is 0 Å². The number of hydrogen-bond acceptors (Lipinski definition) is 2. The Kier molecular flexibility index (Phi) is 2.18.